The van der Waals surface area contributed by atoms with E-state index in [2.05, 4.69) is 32.6 Å². The van der Waals surface area contributed by atoms with Crippen molar-refractivity contribution >= 4 is 11.7 Å². The van der Waals surface area contributed by atoms with Crippen LogP contribution in [-0.4, -0.2) is 33.8 Å². The van der Waals surface area contributed by atoms with Crippen LogP contribution in [0.1, 0.15) is 36.7 Å². The molecule has 1 saturated carbocycles. The first-order valence-electron chi connectivity index (χ1n) is 9.41. The minimum Gasteiger partial charge on any atom is -0.377 e. The van der Waals surface area contributed by atoms with Crippen LogP contribution < -0.4 is 10.6 Å². The number of anilines is 1. The molecule has 2 heterocycles. The fraction of sp³-hybridized carbons (Fsp3) is 0.450. The molecule has 2 aliphatic rings. The topological polar surface area (TPSA) is 81.1 Å². The smallest absolute Gasteiger partial charge is 0.320 e. The zero-order valence-corrected chi connectivity index (χ0v) is 16.4. The Morgan fingerprint density at radius 3 is 2.83 bits per heavy atom. The second kappa shape index (κ2) is 7.32. The molecule has 0 saturated heterocycles. The van der Waals surface area contributed by atoms with Gasteiger partial charge in [0.2, 0.25) is 0 Å². The van der Waals surface area contributed by atoms with Gasteiger partial charge in [-0.25, -0.2) is 27.6 Å². The molecule has 1 aromatic heterocycles. The number of hydrogen-bond donors (Lipinski definition) is 2. The van der Waals surface area contributed by atoms with Crippen LogP contribution in [0.3, 0.4) is 0 Å². The monoisotopic (exact) mass is 419 g/mol. The van der Waals surface area contributed by atoms with E-state index in [0.29, 0.717) is 12.7 Å². The minimum atomic E-state index is -3.45. The zero-order valence-electron chi connectivity index (χ0n) is 16.4. The molecule has 1 atom stereocenters. The van der Waals surface area contributed by atoms with Gasteiger partial charge in [-0.3, -0.25) is 0 Å². The Hall–Kier alpha value is -3.06. The van der Waals surface area contributed by atoms with E-state index in [-0.39, 0.29) is 35.9 Å². The number of halogens is 3. The molecule has 158 valence electrons. The summed E-state index contributed by atoms with van der Waals surface area (Å²) in [7, 11) is 1.50. The molecule has 0 bridgehead atoms. The average Bonchev–Trinajstić information content (AvgIpc) is 3.39. The number of fused-ring (bicyclic) bond motifs is 1. The van der Waals surface area contributed by atoms with E-state index < -0.39 is 23.3 Å². The third-order valence-electron chi connectivity index (χ3n) is 5.03. The van der Waals surface area contributed by atoms with Gasteiger partial charge in [-0.2, -0.15) is 5.10 Å². The number of amides is 2. The van der Waals surface area contributed by atoms with E-state index in [1.54, 1.807) is 0 Å². The van der Waals surface area contributed by atoms with Gasteiger partial charge in [0.05, 0.1) is 6.54 Å². The van der Waals surface area contributed by atoms with E-state index in [4.69, 9.17) is 4.74 Å². The highest BCUT2D eigenvalue weighted by Gasteiger charge is 2.55. The first kappa shape index (κ1) is 20.2. The molecule has 30 heavy (non-hydrogen) atoms. The van der Waals surface area contributed by atoms with Gasteiger partial charge in [-0.15, -0.1) is 0 Å². The quantitative estimate of drug-likeness (QED) is 0.731. The molecule has 7 nitrogen and oxygen atoms in total. The Labute approximate surface area is 171 Å². The van der Waals surface area contributed by atoms with E-state index in [1.807, 2.05) is 0 Å². The number of hydrogen-bond acceptors (Lipinski definition) is 4. The number of methoxy groups -OCH3 is 1. The van der Waals surface area contributed by atoms with Crippen LogP contribution in [0.4, 0.5) is 23.7 Å². The molecule has 10 heteroatoms. The molecular weight excluding hydrogens is 399 g/mol. The first-order valence-corrected chi connectivity index (χ1v) is 9.41. The maximum atomic E-state index is 14.9. The molecule has 0 unspecified atom stereocenters. The number of carbonyl (C=O) groups excluding carboxylic acids is 1. The van der Waals surface area contributed by atoms with E-state index >= 15 is 0 Å². The number of urea groups is 1. The summed E-state index contributed by atoms with van der Waals surface area (Å²) in [5.41, 5.74) is -2.18. The number of nitrogens with zero attached hydrogens (tertiary/aromatic N) is 3. The summed E-state index contributed by atoms with van der Waals surface area (Å²) in [6, 6.07) is 1.51. The van der Waals surface area contributed by atoms with Crippen molar-refractivity contribution < 1.29 is 22.7 Å². The lowest BCUT2D eigenvalue weighted by Gasteiger charge is -2.40. The lowest BCUT2D eigenvalue weighted by atomic mass is 9.81. The van der Waals surface area contributed by atoms with Gasteiger partial charge in [0.25, 0.3) is 5.92 Å². The van der Waals surface area contributed by atoms with Gasteiger partial charge < -0.3 is 15.4 Å². The van der Waals surface area contributed by atoms with Crippen molar-refractivity contribution in [2.75, 3.05) is 12.4 Å². The molecular formula is C20H20F3N5O2. The Morgan fingerprint density at radius 2 is 2.17 bits per heavy atom. The third kappa shape index (κ3) is 3.73. The maximum absolute atomic E-state index is 14.9. The maximum Gasteiger partial charge on any atom is 0.320 e. The Balaban J connectivity index is 1.75. The van der Waals surface area contributed by atoms with Gasteiger partial charge in [-0.05, 0) is 25.0 Å². The number of alkyl halides is 2. The number of carbonyl (C=O) groups is 1. The van der Waals surface area contributed by atoms with Crippen molar-refractivity contribution in [3.63, 3.8) is 0 Å². The highest BCUT2D eigenvalue weighted by Crippen LogP contribution is 2.44. The normalized spacial score (nSPS) is 20.6. The van der Waals surface area contributed by atoms with E-state index in [0.717, 1.165) is 18.9 Å². The van der Waals surface area contributed by atoms with E-state index in [1.165, 1.54) is 24.2 Å². The van der Waals surface area contributed by atoms with Crippen LogP contribution in [0.25, 0.3) is 0 Å². The summed E-state index contributed by atoms with van der Waals surface area (Å²) in [4.78, 5) is 16.3. The van der Waals surface area contributed by atoms with Crippen LogP contribution in [0, 0.1) is 23.6 Å². The largest absolute Gasteiger partial charge is 0.377 e. The van der Waals surface area contributed by atoms with Gasteiger partial charge in [-0.1, -0.05) is 11.8 Å². The zero-order chi connectivity index (χ0) is 21.5. The van der Waals surface area contributed by atoms with Crippen molar-refractivity contribution in [1.29, 1.82) is 0 Å². The van der Waals surface area contributed by atoms with E-state index in [9.17, 15) is 18.0 Å². The molecule has 0 radical (unpaired) electrons. The predicted molar refractivity (Wildman–Crippen MR) is 101 cm³/mol. The number of benzene rings is 1. The van der Waals surface area contributed by atoms with Gasteiger partial charge in [0.1, 0.15) is 18.8 Å². The number of nitrogens with one attached hydrogen (secondary N) is 2. The second-order valence-electron chi connectivity index (χ2n) is 7.54. The molecule has 2 aromatic rings. The third-order valence-corrected chi connectivity index (χ3v) is 5.03. The summed E-state index contributed by atoms with van der Waals surface area (Å²) < 4.78 is 50.8. The lowest BCUT2D eigenvalue weighted by Crippen LogP contribution is -2.59. The average molecular weight is 419 g/mol. The van der Waals surface area contributed by atoms with Gasteiger partial charge in [0.15, 0.2) is 11.4 Å². The fourth-order valence-electron chi connectivity index (χ4n) is 3.32. The number of ether oxygens (including phenoxy) is 1. The number of rotatable bonds is 5. The van der Waals surface area contributed by atoms with Crippen LogP contribution in [0.15, 0.2) is 18.5 Å². The Morgan fingerprint density at radius 1 is 1.40 bits per heavy atom. The van der Waals surface area contributed by atoms with Crippen LogP contribution >= 0.6 is 0 Å². The van der Waals surface area contributed by atoms with Gasteiger partial charge >= 0.3 is 6.03 Å². The molecule has 2 amide bonds. The molecule has 4 rings (SSSR count). The molecule has 1 aliphatic heterocycles. The minimum absolute atomic E-state index is 0.00238. The predicted octanol–water partition coefficient (Wildman–Crippen LogP) is 3.01. The van der Waals surface area contributed by atoms with Crippen molar-refractivity contribution in [1.82, 2.24) is 20.1 Å². The van der Waals surface area contributed by atoms with Crippen molar-refractivity contribution in [3.05, 3.63) is 41.2 Å². The Kier molecular flexibility index (Phi) is 4.94. The van der Waals surface area contributed by atoms with Crippen molar-refractivity contribution in [2.45, 2.75) is 44.4 Å². The molecule has 1 aliphatic carbocycles. The number of aromatic nitrogens is 3. The second-order valence-corrected chi connectivity index (χ2v) is 7.54. The molecule has 1 fully saturated rings. The summed E-state index contributed by atoms with van der Waals surface area (Å²) in [5, 5.41) is 8.89. The van der Waals surface area contributed by atoms with Crippen LogP contribution in [0.5, 0.6) is 0 Å². The van der Waals surface area contributed by atoms with Crippen LogP contribution in [0.2, 0.25) is 0 Å². The van der Waals surface area contributed by atoms with Crippen molar-refractivity contribution in [3.8, 4) is 11.8 Å². The highest BCUT2D eigenvalue weighted by molar-refractivity contribution is 5.95. The molecule has 2 N–H and O–H groups in total. The first-order chi connectivity index (χ1) is 14.2. The van der Waals surface area contributed by atoms with Gasteiger partial charge in [0, 0.05) is 36.8 Å². The standard InChI is InChI=1S/C20H20F3N5O2/c1-19(22,23)20(6-5-12-3-4-12)14-8-15(21)13(7-16(14)25-18(29)26-20)9-28-11-24-17(27-28)10-30-2/h7-8,11-12H,3-4,9-10H2,1-2H3,(H2,25,26,29)/t20-/m0/s1. The molecule has 0 spiro atoms. The summed E-state index contributed by atoms with van der Waals surface area (Å²) in [6.07, 6.45) is 3.07. The van der Waals surface area contributed by atoms with Crippen molar-refractivity contribution in [2.24, 2.45) is 5.92 Å². The SMILES string of the molecule is COCc1ncn(Cc2cc3c(cc2F)[C@@](C#CC2CC2)(C(C)(F)F)NC(=O)N3)n1. The fourth-order valence-corrected chi connectivity index (χ4v) is 3.32. The molecule has 1 aromatic carbocycles. The summed E-state index contributed by atoms with van der Waals surface area (Å²) in [5.74, 6) is 1.64. The summed E-state index contributed by atoms with van der Waals surface area (Å²) in [6.45, 7) is 0.875. The van der Waals surface area contributed by atoms with Crippen LogP contribution in [-0.2, 0) is 23.4 Å². The summed E-state index contributed by atoms with van der Waals surface area (Å²) >= 11 is 0. The highest BCUT2D eigenvalue weighted by atomic mass is 19.3. The lowest BCUT2D eigenvalue weighted by molar-refractivity contribution is -0.0465. The Bertz CT molecular complexity index is 1050.